The van der Waals surface area contributed by atoms with Gasteiger partial charge in [0.25, 0.3) is 0 Å². The van der Waals surface area contributed by atoms with Gasteiger partial charge in [0.15, 0.2) is 27.1 Å². The number of nitrogen functional groups attached to an aromatic ring is 1. The third-order valence-corrected chi connectivity index (χ3v) is 8.47. The van der Waals surface area contributed by atoms with E-state index in [-0.39, 0.29) is 10.7 Å². The van der Waals surface area contributed by atoms with Crippen LogP contribution in [0.4, 0.5) is 5.82 Å². The molecular formula is C27H28N4O6S. The quantitative estimate of drug-likeness (QED) is 0.328. The lowest BCUT2D eigenvalue weighted by Crippen LogP contribution is -2.20. The number of nitrogens with zero attached hydrogens (tertiary/aromatic N) is 3. The summed E-state index contributed by atoms with van der Waals surface area (Å²) in [6, 6.07) is 15.8. The third kappa shape index (κ3) is 5.54. The van der Waals surface area contributed by atoms with Gasteiger partial charge in [-0.3, -0.25) is 0 Å². The predicted octanol–water partition coefficient (Wildman–Crippen LogP) is 4.03. The molecule has 0 amide bonds. The lowest BCUT2D eigenvalue weighted by Gasteiger charge is -2.14. The van der Waals surface area contributed by atoms with E-state index in [9.17, 15) is 8.42 Å². The van der Waals surface area contributed by atoms with E-state index < -0.39 is 15.1 Å². The minimum Gasteiger partial charge on any atom is -0.490 e. The van der Waals surface area contributed by atoms with Crippen LogP contribution in [0.3, 0.4) is 0 Å². The summed E-state index contributed by atoms with van der Waals surface area (Å²) in [4.78, 5) is 9.15. The first kappa shape index (κ1) is 25.8. The second-order valence-corrected chi connectivity index (χ2v) is 11.2. The highest BCUT2D eigenvalue weighted by Crippen LogP contribution is 2.34. The molecule has 38 heavy (non-hydrogen) atoms. The number of fused-ring (bicyclic) bond motifs is 12. The molecule has 6 bridgehead atoms. The highest BCUT2D eigenvalue weighted by Gasteiger charge is 2.23. The molecular weight excluding hydrogens is 508 g/mol. The number of hydrogen-bond acceptors (Lipinski definition) is 10. The van der Waals surface area contributed by atoms with Crippen LogP contribution in [0.5, 0.6) is 5.75 Å². The van der Waals surface area contributed by atoms with Crippen LogP contribution in [0, 0.1) is 0 Å². The summed E-state index contributed by atoms with van der Waals surface area (Å²) in [7, 11) is -3.52. The first-order valence-electron chi connectivity index (χ1n) is 12.2. The van der Waals surface area contributed by atoms with Gasteiger partial charge in [-0.25, -0.2) is 18.4 Å². The van der Waals surface area contributed by atoms with E-state index in [2.05, 4.69) is 15.1 Å². The van der Waals surface area contributed by atoms with Crippen LogP contribution in [0.15, 0.2) is 70.2 Å². The summed E-state index contributed by atoms with van der Waals surface area (Å²) in [5.74, 6) is 1.16. The van der Waals surface area contributed by atoms with Gasteiger partial charge < -0.3 is 24.5 Å². The van der Waals surface area contributed by atoms with Crippen molar-refractivity contribution < 1.29 is 27.2 Å². The SMILES string of the molecule is CC1CCOCCOCCOc2ccccc2-c2cc(on2)-c2nc(cnc2N)-c2ccc(cc2)S1(=O)=O. The van der Waals surface area contributed by atoms with E-state index in [0.717, 1.165) is 5.56 Å². The minimum atomic E-state index is -3.52. The topological polar surface area (TPSA) is 140 Å². The zero-order valence-electron chi connectivity index (χ0n) is 20.9. The molecule has 4 aromatic rings. The third-order valence-electron chi connectivity index (χ3n) is 6.24. The van der Waals surface area contributed by atoms with Crippen molar-refractivity contribution in [1.82, 2.24) is 15.1 Å². The normalized spacial score (nSPS) is 18.3. The number of nitrogens with two attached hydrogens (primary N) is 1. The van der Waals surface area contributed by atoms with Crippen molar-refractivity contribution in [2.45, 2.75) is 23.5 Å². The number of rotatable bonds is 0. The minimum absolute atomic E-state index is 0.180. The van der Waals surface area contributed by atoms with Gasteiger partial charge in [0.05, 0.1) is 41.9 Å². The summed E-state index contributed by atoms with van der Waals surface area (Å²) < 4.78 is 48.8. The summed E-state index contributed by atoms with van der Waals surface area (Å²) >= 11 is 0. The maximum absolute atomic E-state index is 13.0. The number of sulfone groups is 1. The molecule has 2 aromatic carbocycles. The molecule has 2 aliphatic heterocycles. The molecule has 6 rings (SSSR count). The molecule has 0 spiro atoms. The van der Waals surface area contributed by atoms with E-state index in [0.29, 0.717) is 73.6 Å². The van der Waals surface area contributed by atoms with E-state index in [1.807, 2.05) is 24.3 Å². The summed E-state index contributed by atoms with van der Waals surface area (Å²) in [5, 5.41) is 3.60. The van der Waals surface area contributed by atoms with Crippen LogP contribution >= 0.6 is 0 Å². The Labute approximate surface area is 220 Å². The average Bonchev–Trinajstić information content (AvgIpc) is 3.42. The fourth-order valence-corrected chi connectivity index (χ4v) is 5.41. The van der Waals surface area contributed by atoms with E-state index in [1.165, 1.54) is 6.20 Å². The van der Waals surface area contributed by atoms with Crippen LogP contribution in [0.2, 0.25) is 0 Å². The highest BCUT2D eigenvalue weighted by atomic mass is 32.2. The number of anilines is 1. The zero-order chi connectivity index (χ0) is 26.5. The fraction of sp³-hybridized carbons (Fsp3) is 0.296. The number of hydrogen-bond donors (Lipinski definition) is 1. The Bertz CT molecular complexity index is 1500. The molecule has 4 heterocycles. The molecule has 10 nitrogen and oxygen atoms in total. The summed E-state index contributed by atoms with van der Waals surface area (Å²) in [6.07, 6.45) is 1.90. The lowest BCUT2D eigenvalue weighted by molar-refractivity contribution is 0.0358. The maximum Gasteiger partial charge on any atom is 0.189 e. The lowest BCUT2D eigenvalue weighted by atomic mass is 10.1. The smallest absolute Gasteiger partial charge is 0.189 e. The van der Waals surface area contributed by atoms with Gasteiger partial charge in [-0.05, 0) is 37.6 Å². The molecule has 0 radical (unpaired) electrons. The first-order valence-corrected chi connectivity index (χ1v) is 13.8. The Morgan fingerprint density at radius 3 is 2.47 bits per heavy atom. The Morgan fingerprint density at radius 2 is 1.66 bits per heavy atom. The molecule has 0 saturated heterocycles. The Balaban J connectivity index is 1.51. The molecule has 1 unspecified atom stereocenters. The van der Waals surface area contributed by atoms with Gasteiger partial charge in [-0.1, -0.05) is 29.4 Å². The Kier molecular flexibility index (Phi) is 7.68. The second-order valence-electron chi connectivity index (χ2n) is 8.80. The van der Waals surface area contributed by atoms with Crippen LogP contribution in [0.1, 0.15) is 13.3 Å². The molecule has 11 heteroatoms. The van der Waals surface area contributed by atoms with Gasteiger partial charge in [0.1, 0.15) is 18.1 Å². The summed E-state index contributed by atoms with van der Waals surface area (Å²) in [5.41, 5.74) is 8.96. The van der Waals surface area contributed by atoms with E-state index in [1.54, 1.807) is 37.3 Å². The monoisotopic (exact) mass is 536 g/mol. The van der Waals surface area contributed by atoms with Crippen molar-refractivity contribution in [3.63, 3.8) is 0 Å². The largest absolute Gasteiger partial charge is 0.490 e. The van der Waals surface area contributed by atoms with E-state index in [4.69, 9.17) is 24.5 Å². The van der Waals surface area contributed by atoms with Gasteiger partial charge >= 0.3 is 0 Å². The maximum atomic E-state index is 13.0. The van der Waals surface area contributed by atoms with E-state index >= 15 is 0 Å². The highest BCUT2D eigenvalue weighted by molar-refractivity contribution is 7.92. The second kappa shape index (κ2) is 11.3. The number of para-hydroxylation sites is 1. The van der Waals surface area contributed by atoms with Gasteiger partial charge in [-0.2, -0.15) is 0 Å². The average molecular weight is 537 g/mol. The number of benzene rings is 2. The number of aromatic nitrogens is 3. The molecule has 2 aliphatic rings. The molecule has 0 fully saturated rings. The summed E-state index contributed by atoms with van der Waals surface area (Å²) in [6.45, 7) is 3.43. The van der Waals surface area contributed by atoms with Crippen molar-refractivity contribution in [3.05, 3.63) is 60.8 Å². The molecule has 198 valence electrons. The molecule has 1 atom stereocenters. The van der Waals surface area contributed by atoms with Crippen molar-refractivity contribution >= 4 is 15.7 Å². The zero-order valence-corrected chi connectivity index (χ0v) is 21.7. The van der Waals surface area contributed by atoms with Crippen LogP contribution in [0.25, 0.3) is 34.0 Å². The van der Waals surface area contributed by atoms with Gasteiger partial charge in [0, 0.05) is 23.8 Å². The Hall–Kier alpha value is -3.80. The molecule has 0 aliphatic carbocycles. The fourth-order valence-electron chi connectivity index (χ4n) is 4.02. The first-order chi connectivity index (χ1) is 18.4. The van der Waals surface area contributed by atoms with Crippen LogP contribution in [-0.4, -0.2) is 61.8 Å². The molecule has 2 aromatic heterocycles. The van der Waals surface area contributed by atoms with Gasteiger partial charge in [0.2, 0.25) is 0 Å². The van der Waals surface area contributed by atoms with Crippen molar-refractivity contribution in [2.75, 3.05) is 38.8 Å². The van der Waals surface area contributed by atoms with Crippen molar-refractivity contribution in [3.8, 4) is 39.7 Å². The Morgan fingerprint density at radius 1 is 0.921 bits per heavy atom. The molecule has 2 N–H and O–H groups in total. The van der Waals surface area contributed by atoms with Crippen molar-refractivity contribution in [2.24, 2.45) is 0 Å². The van der Waals surface area contributed by atoms with Crippen molar-refractivity contribution in [1.29, 1.82) is 0 Å². The standard InChI is InChI=1S/C27H28N4O6S/c1-18-10-11-34-12-13-35-14-15-36-24-5-3-2-4-21(24)22-16-25(37-31-22)26-27(28)29-17-23(30-26)19-6-8-20(9-7-19)38(18,32)33/h2-9,16-18H,10-15H2,1H3,(H2,28,29). The predicted molar refractivity (Wildman–Crippen MR) is 141 cm³/mol. The van der Waals surface area contributed by atoms with Gasteiger partial charge in [-0.15, -0.1) is 0 Å². The van der Waals surface area contributed by atoms with Crippen LogP contribution in [-0.2, 0) is 19.3 Å². The van der Waals surface area contributed by atoms with Crippen LogP contribution < -0.4 is 10.5 Å². The molecule has 0 saturated carbocycles. The number of ether oxygens (including phenoxy) is 3.